The average Bonchev–Trinajstić information content (AvgIpc) is 2.80. The van der Waals surface area contributed by atoms with Crippen LogP contribution in [0.5, 0.6) is 11.5 Å². The van der Waals surface area contributed by atoms with Gasteiger partial charge in [-0.1, -0.05) is 146 Å². The van der Waals surface area contributed by atoms with Crippen LogP contribution in [0.25, 0.3) is 0 Å². The summed E-state index contributed by atoms with van der Waals surface area (Å²) in [6.07, 6.45) is 8.06. The molecule has 3 rings (SSSR count). The monoisotopic (exact) mass is 564 g/mol. The quantitative estimate of drug-likeness (QED) is 0.298. The number of rotatable bonds is 8. The predicted molar refractivity (Wildman–Crippen MR) is 175 cm³/mol. The highest BCUT2D eigenvalue weighted by atomic mass is 16.8. The molecule has 0 saturated heterocycles. The molecule has 3 heteroatoms. The summed E-state index contributed by atoms with van der Waals surface area (Å²) in [4.78, 5) is 0. The summed E-state index contributed by atoms with van der Waals surface area (Å²) in [6.45, 7) is 29.5. The van der Waals surface area contributed by atoms with Crippen LogP contribution in [0.2, 0.25) is 0 Å². The molecule has 0 spiro atoms. The first-order chi connectivity index (χ1) is 18.8. The molecule has 0 fully saturated rings. The molecule has 0 bridgehead atoms. The number of fused-ring (bicyclic) bond motifs is 2. The van der Waals surface area contributed by atoms with E-state index in [0.717, 1.165) is 24.3 Å². The molecule has 0 aliphatic carbocycles. The van der Waals surface area contributed by atoms with Gasteiger partial charge < -0.3 is 14.2 Å². The third-order valence-corrected chi connectivity index (χ3v) is 8.24. The van der Waals surface area contributed by atoms with Crippen molar-refractivity contribution in [3.05, 3.63) is 57.6 Å². The summed E-state index contributed by atoms with van der Waals surface area (Å²) in [5.41, 5.74) is 7.37. The summed E-state index contributed by atoms with van der Waals surface area (Å²) in [5, 5.41) is 0. The lowest BCUT2D eigenvalue weighted by atomic mass is 9.76. The molecule has 0 aromatic heterocycles. The van der Waals surface area contributed by atoms with Gasteiger partial charge in [0.25, 0.3) is 0 Å². The number of ether oxygens (including phenoxy) is 3. The van der Waals surface area contributed by atoms with E-state index in [1.807, 2.05) is 0 Å². The summed E-state index contributed by atoms with van der Waals surface area (Å²) < 4.78 is 20.0. The molecule has 2 aromatic carbocycles. The van der Waals surface area contributed by atoms with Gasteiger partial charge in [-0.05, 0) is 50.3 Å². The molecule has 0 radical (unpaired) electrons. The van der Waals surface area contributed by atoms with Crippen molar-refractivity contribution in [3.8, 4) is 11.5 Å². The van der Waals surface area contributed by atoms with Crippen molar-refractivity contribution in [3.63, 3.8) is 0 Å². The zero-order chi connectivity index (χ0) is 30.8. The van der Waals surface area contributed by atoms with Crippen LogP contribution in [0.15, 0.2) is 24.3 Å². The molecular weight excluding hydrogens is 504 g/mol. The summed E-state index contributed by atoms with van der Waals surface area (Å²) in [5.74, 6) is 1.84. The molecule has 1 heterocycles. The Morgan fingerprint density at radius 2 is 1.00 bits per heavy atom. The van der Waals surface area contributed by atoms with E-state index in [4.69, 9.17) is 14.2 Å². The maximum atomic E-state index is 6.78. The number of unbranched alkanes of at least 4 members (excludes halogenated alkanes) is 5. The lowest BCUT2D eigenvalue weighted by Gasteiger charge is -2.35. The van der Waals surface area contributed by atoms with Gasteiger partial charge >= 0.3 is 6.48 Å². The third-order valence-electron chi connectivity index (χ3n) is 8.24. The lowest BCUT2D eigenvalue weighted by molar-refractivity contribution is -0.201. The van der Waals surface area contributed by atoms with Crippen molar-refractivity contribution < 1.29 is 14.2 Å². The normalized spacial score (nSPS) is 15.0. The van der Waals surface area contributed by atoms with Crippen molar-refractivity contribution >= 4 is 0 Å². The molecule has 0 amide bonds. The Morgan fingerprint density at radius 3 is 1.39 bits per heavy atom. The van der Waals surface area contributed by atoms with E-state index >= 15 is 0 Å². The summed E-state index contributed by atoms with van der Waals surface area (Å²) >= 11 is 0. The van der Waals surface area contributed by atoms with Gasteiger partial charge in [-0.25, -0.2) is 0 Å². The summed E-state index contributed by atoms with van der Waals surface area (Å²) in [6, 6.07) is 9.42. The van der Waals surface area contributed by atoms with Crippen molar-refractivity contribution in [1.82, 2.24) is 0 Å². The van der Waals surface area contributed by atoms with Crippen LogP contribution >= 0.6 is 0 Å². The summed E-state index contributed by atoms with van der Waals surface area (Å²) in [7, 11) is 0. The largest absolute Gasteiger partial charge is 0.432 e. The fourth-order valence-electron chi connectivity index (χ4n) is 5.45. The van der Waals surface area contributed by atoms with E-state index in [-0.39, 0.29) is 21.7 Å². The molecule has 230 valence electrons. The fraction of sp³-hybridized carbons (Fsp3) is 0.684. The smallest absolute Gasteiger partial charge is 0.360 e. The maximum Gasteiger partial charge on any atom is 0.360 e. The standard InChI is InChI=1S/C38H60O3/c1-14-15-16-17-18-19-20-39-34-40-32-26(22-28(35(2,3)4)24-30(32)37(8,9)10)21-27-23-29(36(5,6)7)25-31(33(27)41-34)38(11,12)13/h22-25,34H,14-21H2,1-13H3. The van der Waals surface area contributed by atoms with Crippen LogP contribution in [0.3, 0.4) is 0 Å². The highest BCUT2D eigenvalue weighted by Gasteiger charge is 2.34. The van der Waals surface area contributed by atoms with Crippen LogP contribution in [0.4, 0.5) is 0 Å². The van der Waals surface area contributed by atoms with E-state index in [2.05, 4.69) is 114 Å². The number of hydrogen-bond acceptors (Lipinski definition) is 3. The van der Waals surface area contributed by atoms with Gasteiger partial charge in [-0.15, -0.1) is 0 Å². The topological polar surface area (TPSA) is 27.7 Å². The van der Waals surface area contributed by atoms with E-state index < -0.39 is 6.48 Å². The number of benzene rings is 2. The van der Waals surface area contributed by atoms with E-state index in [1.54, 1.807) is 0 Å². The molecule has 0 atom stereocenters. The van der Waals surface area contributed by atoms with E-state index in [1.165, 1.54) is 65.5 Å². The van der Waals surface area contributed by atoms with Crippen molar-refractivity contribution in [2.75, 3.05) is 6.61 Å². The highest BCUT2D eigenvalue weighted by Crippen LogP contribution is 2.45. The van der Waals surface area contributed by atoms with Crippen molar-refractivity contribution in [2.45, 2.75) is 163 Å². The average molecular weight is 565 g/mol. The molecule has 1 aliphatic rings. The maximum absolute atomic E-state index is 6.78. The first-order valence-corrected chi connectivity index (χ1v) is 16.1. The highest BCUT2D eigenvalue weighted by molar-refractivity contribution is 5.56. The molecule has 41 heavy (non-hydrogen) atoms. The zero-order valence-corrected chi connectivity index (χ0v) is 28.8. The minimum Gasteiger partial charge on any atom is -0.432 e. The van der Waals surface area contributed by atoms with Gasteiger partial charge in [0.15, 0.2) is 0 Å². The van der Waals surface area contributed by atoms with E-state index in [0.29, 0.717) is 6.61 Å². The first kappa shape index (κ1) is 33.5. The second-order valence-electron chi connectivity index (χ2n) is 16.4. The predicted octanol–water partition coefficient (Wildman–Crippen LogP) is 10.9. The van der Waals surface area contributed by atoms with Gasteiger partial charge in [0.05, 0.1) is 6.61 Å². The Balaban J connectivity index is 2.18. The molecule has 1 aliphatic heterocycles. The molecule has 0 unspecified atom stereocenters. The Labute approximate surface area is 252 Å². The molecule has 0 N–H and O–H groups in total. The van der Waals surface area contributed by atoms with E-state index in [9.17, 15) is 0 Å². The van der Waals surface area contributed by atoms with Gasteiger partial charge in [-0.3, -0.25) is 0 Å². The minimum atomic E-state index is -0.799. The van der Waals surface area contributed by atoms with Crippen LogP contribution in [0.1, 0.15) is 162 Å². The Morgan fingerprint density at radius 1 is 0.585 bits per heavy atom. The van der Waals surface area contributed by atoms with Gasteiger partial charge in [0, 0.05) is 17.5 Å². The fourth-order valence-corrected chi connectivity index (χ4v) is 5.45. The Hall–Kier alpha value is -2.00. The van der Waals surface area contributed by atoms with Crippen molar-refractivity contribution in [2.24, 2.45) is 0 Å². The molecular formula is C38H60O3. The second kappa shape index (κ2) is 12.7. The first-order valence-electron chi connectivity index (χ1n) is 16.1. The lowest BCUT2D eigenvalue weighted by Crippen LogP contribution is -2.33. The van der Waals surface area contributed by atoms with Crippen LogP contribution < -0.4 is 9.47 Å². The van der Waals surface area contributed by atoms with Crippen molar-refractivity contribution in [1.29, 1.82) is 0 Å². The SMILES string of the molecule is CCCCCCCCOC1Oc2c(cc(C(C)(C)C)cc2C(C)(C)C)Cc2cc(C(C)(C)C)cc(C(C)(C)C)c2O1. The molecule has 0 saturated carbocycles. The molecule has 2 aromatic rings. The van der Waals surface area contributed by atoms with Gasteiger partial charge in [-0.2, -0.15) is 0 Å². The van der Waals surface area contributed by atoms with Gasteiger partial charge in [0.1, 0.15) is 11.5 Å². The third kappa shape index (κ3) is 8.76. The van der Waals surface area contributed by atoms with Crippen LogP contribution in [-0.4, -0.2) is 13.1 Å². The van der Waals surface area contributed by atoms with Crippen LogP contribution in [0, 0.1) is 0 Å². The van der Waals surface area contributed by atoms with Crippen LogP contribution in [-0.2, 0) is 32.8 Å². The molecule has 3 nitrogen and oxygen atoms in total. The Bertz CT molecular complexity index is 1080. The Kier molecular flexibility index (Phi) is 10.4. The zero-order valence-electron chi connectivity index (χ0n) is 28.8. The minimum absolute atomic E-state index is 0.0221. The second-order valence-corrected chi connectivity index (χ2v) is 16.4. The number of hydrogen-bond donors (Lipinski definition) is 0. The van der Waals surface area contributed by atoms with Gasteiger partial charge in [0.2, 0.25) is 0 Å².